The second-order valence-electron chi connectivity index (χ2n) is 12.4. The molecular weight excluding hydrogens is 631 g/mol. The Morgan fingerprint density at radius 1 is 1.06 bits per heavy atom. The van der Waals surface area contributed by atoms with E-state index in [4.69, 9.17) is 10.5 Å². The minimum absolute atomic E-state index is 0.119. The summed E-state index contributed by atoms with van der Waals surface area (Å²) in [6.45, 7) is 2.74. The zero-order valence-electron chi connectivity index (χ0n) is 26.1. The maximum absolute atomic E-state index is 14.9. The van der Waals surface area contributed by atoms with E-state index in [0.29, 0.717) is 72.7 Å². The van der Waals surface area contributed by atoms with E-state index in [1.807, 2.05) is 4.90 Å². The van der Waals surface area contributed by atoms with E-state index in [0.717, 1.165) is 0 Å². The number of ether oxygens (including phenoxy) is 1. The average molecular weight is 668 g/mol. The lowest BCUT2D eigenvalue weighted by Gasteiger charge is -2.39. The van der Waals surface area contributed by atoms with E-state index < -0.39 is 24.3 Å². The maximum Gasteiger partial charge on any atom is 0.429 e. The number of aromatic nitrogens is 4. The van der Waals surface area contributed by atoms with E-state index >= 15 is 0 Å². The Bertz CT molecular complexity index is 1810. The number of rotatable bonds is 9. The van der Waals surface area contributed by atoms with Crippen LogP contribution >= 0.6 is 0 Å². The number of alkyl halides is 3. The number of nitrogens with two attached hydrogens (primary N) is 1. The number of halogens is 3. The van der Waals surface area contributed by atoms with Crippen LogP contribution in [0.15, 0.2) is 54.7 Å². The summed E-state index contributed by atoms with van der Waals surface area (Å²) in [6.07, 6.45) is -3.91. The van der Waals surface area contributed by atoms with Gasteiger partial charge in [0, 0.05) is 37.5 Å². The van der Waals surface area contributed by atoms with Crippen LogP contribution in [0.3, 0.4) is 0 Å². The van der Waals surface area contributed by atoms with Crippen molar-refractivity contribution < 1.29 is 38.0 Å². The highest BCUT2D eigenvalue weighted by Gasteiger charge is 2.46. The molecule has 2 aromatic heterocycles. The molecule has 0 saturated carbocycles. The first-order valence-electron chi connectivity index (χ1n) is 15.5. The van der Waals surface area contributed by atoms with E-state index in [2.05, 4.69) is 20.4 Å². The Labute approximate surface area is 274 Å². The fourth-order valence-corrected chi connectivity index (χ4v) is 6.56. The van der Waals surface area contributed by atoms with E-state index in [1.54, 1.807) is 43.5 Å². The van der Waals surface area contributed by atoms with Crippen LogP contribution in [0.4, 0.5) is 24.9 Å². The number of benzene rings is 2. The molecule has 0 unspecified atom stereocenters. The molecule has 12 nitrogen and oxygen atoms in total. The minimum atomic E-state index is -4.88. The van der Waals surface area contributed by atoms with Crippen LogP contribution in [0, 0.1) is 12.3 Å². The largest absolute Gasteiger partial charge is 0.480 e. The molecule has 6 rings (SSSR count). The van der Waals surface area contributed by atoms with Crippen molar-refractivity contribution in [1.82, 2.24) is 25.1 Å². The van der Waals surface area contributed by atoms with Gasteiger partial charge in [-0.15, -0.1) is 0 Å². The van der Waals surface area contributed by atoms with Crippen LogP contribution in [0.25, 0.3) is 16.8 Å². The Balaban J connectivity index is 1.32. The van der Waals surface area contributed by atoms with Gasteiger partial charge in [-0.3, -0.25) is 4.79 Å². The van der Waals surface area contributed by atoms with Gasteiger partial charge in [0.1, 0.15) is 11.9 Å². The van der Waals surface area contributed by atoms with Crippen molar-refractivity contribution in [3.63, 3.8) is 0 Å². The van der Waals surface area contributed by atoms with Crippen LogP contribution in [-0.4, -0.2) is 72.9 Å². The average Bonchev–Trinajstić information content (AvgIpc) is 3.69. The fourth-order valence-electron chi connectivity index (χ4n) is 6.56. The number of carboxylic acid groups (broad SMARTS) is 1. The van der Waals surface area contributed by atoms with Gasteiger partial charge in [-0.2, -0.15) is 28.2 Å². The van der Waals surface area contributed by atoms with E-state index in [1.165, 1.54) is 22.9 Å². The fraction of sp³-hybridized carbons (Fsp3) is 0.394. The Kier molecular flexibility index (Phi) is 9.02. The lowest BCUT2D eigenvalue weighted by Crippen LogP contribution is -2.41. The number of nitrogen functional groups attached to an aromatic ring is 1. The summed E-state index contributed by atoms with van der Waals surface area (Å²) in [4.78, 5) is 21.6. The number of aryl methyl sites for hydroxylation is 1. The van der Waals surface area contributed by atoms with Crippen molar-refractivity contribution in [2.24, 2.45) is 5.41 Å². The molecule has 4 aromatic rings. The standard InChI is InChI=1S/C33H36F3N7O5/c1-19-6-9-43(41-19)26-13-21(20-2-3-22(16-44)23(12-20)17-45)4-5-24(26)29(33(34,35)36)48-28-14-27(39-31(37)40-28)42-10-7-32(8-11-42)15-25(30(46)47)38-18-32/h2-6,9,12-14,25,29,38,44-45H,7-8,10-11,15-18H2,1H3,(H,46,47)(H2,37,39,40)/t25-,29-/m0/s1. The molecule has 2 atom stereocenters. The first-order valence-corrected chi connectivity index (χ1v) is 15.5. The van der Waals surface area contributed by atoms with Gasteiger partial charge in [0.2, 0.25) is 17.9 Å². The molecule has 2 fully saturated rings. The van der Waals surface area contributed by atoms with Crippen LogP contribution in [0.2, 0.25) is 0 Å². The summed E-state index contributed by atoms with van der Waals surface area (Å²) in [5.74, 6) is -1.17. The number of nitrogens with one attached hydrogen (secondary N) is 1. The number of carboxylic acids is 1. The number of piperidine rings is 1. The van der Waals surface area contributed by atoms with Gasteiger partial charge in [0.05, 0.1) is 24.6 Å². The minimum Gasteiger partial charge on any atom is -0.480 e. The first-order chi connectivity index (χ1) is 22.9. The third-order valence-corrected chi connectivity index (χ3v) is 9.21. The molecule has 0 amide bonds. The molecular formula is C33H36F3N7O5. The zero-order valence-corrected chi connectivity index (χ0v) is 26.1. The monoisotopic (exact) mass is 667 g/mol. The summed E-state index contributed by atoms with van der Waals surface area (Å²) < 4.78 is 51.6. The zero-order chi connectivity index (χ0) is 34.2. The van der Waals surface area contributed by atoms with Crippen molar-refractivity contribution in [2.75, 3.05) is 30.3 Å². The molecule has 1 spiro atoms. The van der Waals surface area contributed by atoms with Crippen molar-refractivity contribution >= 4 is 17.7 Å². The van der Waals surface area contributed by atoms with Gasteiger partial charge in [-0.25, -0.2) is 4.68 Å². The second-order valence-corrected chi connectivity index (χ2v) is 12.4. The van der Waals surface area contributed by atoms with E-state index in [-0.39, 0.29) is 41.7 Å². The smallest absolute Gasteiger partial charge is 0.429 e. The lowest BCUT2D eigenvalue weighted by molar-refractivity contribution is -0.198. The van der Waals surface area contributed by atoms with Crippen molar-refractivity contribution in [1.29, 1.82) is 0 Å². The molecule has 2 saturated heterocycles. The van der Waals surface area contributed by atoms with Crippen molar-refractivity contribution in [3.05, 3.63) is 77.1 Å². The predicted molar refractivity (Wildman–Crippen MR) is 169 cm³/mol. The normalized spacial score (nSPS) is 18.3. The number of aliphatic hydroxyl groups is 2. The summed E-state index contributed by atoms with van der Waals surface area (Å²) in [7, 11) is 0. The molecule has 6 N–H and O–H groups in total. The third kappa shape index (κ3) is 6.79. The highest BCUT2D eigenvalue weighted by molar-refractivity contribution is 5.74. The van der Waals surface area contributed by atoms with Crippen molar-refractivity contribution in [2.45, 2.75) is 57.7 Å². The molecule has 0 bridgehead atoms. The Morgan fingerprint density at radius 2 is 1.77 bits per heavy atom. The van der Waals surface area contributed by atoms with Gasteiger partial charge in [0.25, 0.3) is 0 Å². The number of carbonyl (C=O) groups is 1. The Morgan fingerprint density at radius 3 is 2.40 bits per heavy atom. The van der Waals surface area contributed by atoms with Gasteiger partial charge in [0.15, 0.2) is 0 Å². The van der Waals surface area contributed by atoms with Gasteiger partial charge < -0.3 is 36.0 Å². The molecule has 0 radical (unpaired) electrons. The van der Waals surface area contributed by atoms with Crippen LogP contribution in [0.5, 0.6) is 5.88 Å². The topological polar surface area (TPSA) is 172 Å². The maximum atomic E-state index is 14.9. The molecule has 2 aliphatic rings. The quantitative estimate of drug-likeness (QED) is 0.175. The molecule has 48 heavy (non-hydrogen) atoms. The van der Waals surface area contributed by atoms with Crippen LogP contribution < -0.4 is 20.7 Å². The molecule has 4 heterocycles. The predicted octanol–water partition coefficient (Wildman–Crippen LogP) is 3.92. The lowest BCUT2D eigenvalue weighted by atomic mass is 9.76. The first kappa shape index (κ1) is 33.2. The van der Waals surface area contributed by atoms with Crippen LogP contribution in [-0.2, 0) is 18.0 Å². The highest BCUT2D eigenvalue weighted by atomic mass is 19.4. The number of nitrogens with zero attached hydrogens (tertiary/aromatic N) is 5. The summed E-state index contributed by atoms with van der Waals surface area (Å²) in [5.41, 5.74) is 8.52. The SMILES string of the molecule is Cc1ccn(-c2cc(-c3ccc(CO)c(CO)c3)ccc2[C@H](Oc2cc(N3CCC4(CC3)CN[C@H](C(=O)O)C4)nc(N)n2)C(F)(F)F)n1. The number of hydrogen-bond acceptors (Lipinski definition) is 10. The molecule has 15 heteroatoms. The second kappa shape index (κ2) is 13.1. The number of hydrogen-bond donors (Lipinski definition) is 5. The molecule has 2 aromatic carbocycles. The molecule has 254 valence electrons. The van der Waals surface area contributed by atoms with Gasteiger partial charge >= 0.3 is 12.1 Å². The van der Waals surface area contributed by atoms with Crippen LogP contribution in [0.1, 0.15) is 47.8 Å². The van der Waals surface area contributed by atoms with Crippen molar-refractivity contribution in [3.8, 4) is 22.7 Å². The number of aliphatic carboxylic acids is 1. The van der Waals surface area contributed by atoms with Gasteiger partial charge in [-0.1, -0.05) is 24.3 Å². The van der Waals surface area contributed by atoms with E-state index in [9.17, 15) is 33.3 Å². The summed E-state index contributed by atoms with van der Waals surface area (Å²) >= 11 is 0. The Hall–Kier alpha value is -4.73. The molecule has 2 aliphatic heterocycles. The summed E-state index contributed by atoms with van der Waals surface area (Å²) in [6, 6.07) is 11.9. The number of aliphatic hydroxyl groups excluding tert-OH is 2. The number of anilines is 2. The highest BCUT2D eigenvalue weighted by Crippen LogP contribution is 2.43. The summed E-state index contributed by atoms with van der Waals surface area (Å²) in [5, 5.41) is 36.2. The van der Waals surface area contributed by atoms with Gasteiger partial charge in [-0.05, 0) is 72.1 Å². The third-order valence-electron chi connectivity index (χ3n) is 9.21. The molecule has 0 aliphatic carbocycles.